The van der Waals surface area contributed by atoms with Crippen LogP contribution in [0.1, 0.15) is 33.6 Å². The van der Waals surface area contributed by atoms with Crippen molar-refractivity contribution < 1.29 is 28.3 Å². The SMILES string of the molecule is CC(C)(C)OC(=O)N1CCC(C(=O)N2CCN(C(=O)C(=O)C3=CNC4C(n5ccnn5)=NC=C(F)C34)CC2)CC1. The number of rotatable bonds is 3. The van der Waals surface area contributed by atoms with E-state index in [0.29, 0.717) is 44.9 Å². The normalized spacial score (nSPS) is 23.5. The summed E-state index contributed by atoms with van der Waals surface area (Å²) >= 11 is 0. The van der Waals surface area contributed by atoms with Crippen LogP contribution in [-0.4, -0.2) is 110 Å². The maximum Gasteiger partial charge on any atom is 0.410 e. The molecule has 13 nitrogen and oxygen atoms in total. The van der Waals surface area contributed by atoms with E-state index in [4.69, 9.17) is 4.74 Å². The number of nitrogens with one attached hydrogen (secondary N) is 1. The van der Waals surface area contributed by atoms with E-state index in [1.807, 2.05) is 20.8 Å². The third-order valence-corrected chi connectivity index (χ3v) is 7.47. The van der Waals surface area contributed by atoms with Crippen LogP contribution in [0.4, 0.5) is 9.18 Å². The van der Waals surface area contributed by atoms with E-state index < -0.39 is 35.1 Å². The highest BCUT2D eigenvalue weighted by Crippen LogP contribution is 2.34. The van der Waals surface area contributed by atoms with Crippen molar-refractivity contribution in [3.63, 3.8) is 0 Å². The van der Waals surface area contributed by atoms with E-state index in [1.54, 1.807) is 16.0 Å². The number of nitrogens with zero attached hydrogens (tertiary/aromatic N) is 7. The lowest BCUT2D eigenvalue weighted by Crippen LogP contribution is -2.54. The number of hydrogen-bond donors (Lipinski definition) is 1. The van der Waals surface area contributed by atoms with Gasteiger partial charge in [-0.2, -0.15) is 0 Å². The van der Waals surface area contributed by atoms with Gasteiger partial charge in [-0.3, -0.25) is 14.4 Å². The molecule has 3 amide bonds. The van der Waals surface area contributed by atoms with Crippen LogP contribution in [0.5, 0.6) is 0 Å². The second kappa shape index (κ2) is 10.8. The predicted octanol–water partition coefficient (Wildman–Crippen LogP) is 0.708. The predicted molar refractivity (Wildman–Crippen MR) is 139 cm³/mol. The summed E-state index contributed by atoms with van der Waals surface area (Å²) in [5.74, 6) is -3.01. The summed E-state index contributed by atoms with van der Waals surface area (Å²) in [5.41, 5.74) is -0.558. The first kappa shape index (κ1) is 27.5. The van der Waals surface area contributed by atoms with Crippen molar-refractivity contribution in [3.8, 4) is 0 Å². The van der Waals surface area contributed by atoms with Crippen molar-refractivity contribution in [2.75, 3.05) is 39.3 Å². The van der Waals surface area contributed by atoms with Crippen LogP contribution in [-0.2, 0) is 19.1 Å². The van der Waals surface area contributed by atoms with E-state index in [2.05, 4.69) is 20.6 Å². The van der Waals surface area contributed by atoms with Gasteiger partial charge in [0.2, 0.25) is 11.7 Å². The van der Waals surface area contributed by atoms with Crippen LogP contribution in [0.3, 0.4) is 0 Å². The van der Waals surface area contributed by atoms with Crippen LogP contribution in [0.2, 0.25) is 0 Å². The molecule has 0 radical (unpaired) electrons. The molecule has 4 aliphatic rings. The average Bonchev–Trinajstić information content (AvgIpc) is 3.63. The Kier molecular flexibility index (Phi) is 7.43. The number of aliphatic imine (C=N–C) groups is 1. The fourth-order valence-corrected chi connectivity index (χ4v) is 5.39. The Morgan fingerprint density at radius 1 is 1.00 bits per heavy atom. The van der Waals surface area contributed by atoms with E-state index in [9.17, 15) is 23.6 Å². The number of piperazine rings is 1. The molecule has 1 aromatic heterocycles. The molecule has 0 spiro atoms. The maximum absolute atomic E-state index is 14.8. The van der Waals surface area contributed by atoms with Gasteiger partial charge in [0.15, 0.2) is 5.84 Å². The van der Waals surface area contributed by atoms with Gasteiger partial charge in [-0.1, -0.05) is 5.21 Å². The van der Waals surface area contributed by atoms with E-state index in [0.717, 1.165) is 6.20 Å². The number of ether oxygens (including phenoxy) is 1. The molecule has 40 heavy (non-hydrogen) atoms. The van der Waals surface area contributed by atoms with Gasteiger partial charge in [0.05, 0.1) is 30.6 Å². The molecule has 0 bridgehead atoms. The van der Waals surface area contributed by atoms with Gasteiger partial charge in [0.1, 0.15) is 11.4 Å². The largest absolute Gasteiger partial charge is 0.444 e. The van der Waals surface area contributed by atoms with Gasteiger partial charge in [0, 0.05) is 57.0 Å². The Bertz CT molecular complexity index is 1270. The zero-order valence-corrected chi connectivity index (χ0v) is 22.7. The Morgan fingerprint density at radius 3 is 2.30 bits per heavy atom. The van der Waals surface area contributed by atoms with Crippen molar-refractivity contribution in [2.45, 2.75) is 45.3 Å². The standard InChI is InChI=1S/C26H33FN8O5/c1-26(2,3)40-25(39)34-7-4-16(5-8-34)23(37)32-10-12-33(13-11-32)24(38)21(36)17-14-28-20-19(17)18(27)15-29-22(20)35-9-6-30-31-35/h6,9,14-16,19-20,28H,4-5,7-8,10-13H2,1-3H3. The highest BCUT2D eigenvalue weighted by molar-refractivity contribution is 6.43. The van der Waals surface area contributed by atoms with Gasteiger partial charge < -0.3 is 24.8 Å². The number of carbonyl (C=O) groups is 4. The Balaban J connectivity index is 1.13. The number of aromatic nitrogens is 3. The summed E-state index contributed by atoms with van der Waals surface area (Å²) in [7, 11) is 0. The molecule has 5 rings (SSSR count). The number of halogens is 1. The minimum absolute atomic E-state index is 0.0119. The molecular weight excluding hydrogens is 523 g/mol. The average molecular weight is 557 g/mol. The number of hydrogen-bond acceptors (Lipinski definition) is 9. The first-order chi connectivity index (χ1) is 19.0. The number of likely N-dealkylation sites (tertiary alicyclic amines) is 1. The van der Waals surface area contributed by atoms with Crippen LogP contribution in [0.15, 0.2) is 41.2 Å². The van der Waals surface area contributed by atoms with Crippen molar-refractivity contribution in [1.29, 1.82) is 0 Å². The molecule has 2 unspecified atom stereocenters. The molecule has 0 saturated carbocycles. The molecule has 0 aliphatic carbocycles. The van der Waals surface area contributed by atoms with Crippen molar-refractivity contribution in [3.05, 3.63) is 36.2 Å². The molecule has 1 aromatic rings. The molecule has 2 fully saturated rings. The van der Waals surface area contributed by atoms with Gasteiger partial charge in [-0.25, -0.2) is 18.9 Å². The van der Waals surface area contributed by atoms with Gasteiger partial charge in [0.25, 0.3) is 5.91 Å². The Hall–Kier alpha value is -4.10. The van der Waals surface area contributed by atoms with Crippen LogP contribution in [0.25, 0.3) is 0 Å². The van der Waals surface area contributed by atoms with E-state index >= 15 is 0 Å². The minimum atomic E-state index is -0.998. The van der Waals surface area contributed by atoms with Gasteiger partial charge in [-0.05, 0) is 33.6 Å². The number of carbonyl (C=O) groups excluding carboxylic acids is 4. The molecule has 2 saturated heterocycles. The van der Waals surface area contributed by atoms with Gasteiger partial charge >= 0.3 is 6.09 Å². The lowest BCUT2D eigenvalue weighted by atomic mass is 9.88. The molecule has 214 valence electrons. The Morgan fingerprint density at radius 2 is 1.68 bits per heavy atom. The monoisotopic (exact) mass is 556 g/mol. The topological polar surface area (TPSA) is 142 Å². The van der Waals surface area contributed by atoms with Crippen LogP contribution in [0, 0.1) is 11.8 Å². The summed E-state index contributed by atoms with van der Waals surface area (Å²) in [6.45, 7) is 7.32. The quantitative estimate of drug-likeness (QED) is 0.537. The Labute approximate surface area is 230 Å². The number of ketones is 1. The fourth-order valence-electron chi connectivity index (χ4n) is 5.39. The van der Waals surface area contributed by atoms with Crippen molar-refractivity contribution in [1.82, 2.24) is 35.0 Å². The lowest BCUT2D eigenvalue weighted by Gasteiger charge is -2.38. The molecule has 1 N–H and O–H groups in total. The number of fused-ring (bicyclic) bond motifs is 1. The number of Topliss-reactive ketones (excluding diaryl/α,β-unsaturated/α-hetero) is 1. The molecule has 5 heterocycles. The smallest absolute Gasteiger partial charge is 0.410 e. The summed E-state index contributed by atoms with van der Waals surface area (Å²) < 4.78 is 21.6. The minimum Gasteiger partial charge on any atom is -0.444 e. The first-order valence-electron chi connectivity index (χ1n) is 13.4. The number of amides is 3. The summed E-state index contributed by atoms with van der Waals surface area (Å²) in [6, 6.07) is -0.699. The highest BCUT2D eigenvalue weighted by Gasteiger charge is 2.45. The summed E-state index contributed by atoms with van der Waals surface area (Å²) in [4.78, 5) is 60.6. The lowest BCUT2D eigenvalue weighted by molar-refractivity contribution is -0.147. The second-order valence-corrected chi connectivity index (χ2v) is 11.3. The maximum atomic E-state index is 14.8. The molecular formula is C26H33FN8O5. The zero-order valence-electron chi connectivity index (χ0n) is 22.7. The molecule has 4 aliphatic heterocycles. The van der Waals surface area contributed by atoms with Crippen molar-refractivity contribution in [2.24, 2.45) is 16.8 Å². The fraction of sp³-hybridized carbons (Fsp3) is 0.577. The third-order valence-electron chi connectivity index (χ3n) is 7.47. The highest BCUT2D eigenvalue weighted by atomic mass is 19.1. The van der Waals surface area contributed by atoms with E-state index in [-0.39, 0.29) is 36.6 Å². The van der Waals surface area contributed by atoms with Crippen LogP contribution >= 0.6 is 0 Å². The zero-order chi connectivity index (χ0) is 28.6. The van der Waals surface area contributed by atoms with Crippen LogP contribution < -0.4 is 5.32 Å². The molecule has 0 aromatic carbocycles. The summed E-state index contributed by atoms with van der Waals surface area (Å²) in [6.07, 6.45) is 6.12. The first-order valence-corrected chi connectivity index (χ1v) is 13.4. The summed E-state index contributed by atoms with van der Waals surface area (Å²) in [5, 5.41) is 10.6. The molecule has 14 heteroatoms. The third kappa shape index (κ3) is 5.47. The van der Waals surface area contributed by atoms with Crippen molar-refractivity contribution >= 4 is 29.5 Å². The molecule has 2 atom stereocenters. The van der Waals surface area contributed by atoms with E-state index in [1.165, 1.54) is 22.0 Å². The number of piperidine rings is 1. The van der Waals surface area contributed by atoms with Gasteiger partial charge in [-0.15, -0.1) is 5.10 Å². The second-order valence-electron chi connectivity index (χ2n) is 11.3.